The lowest BCUT2D eigenvalue weighted by Gasteiger charge is -2.25. The van der Waals surface area contributed by atoms with Gasteiger partial charge in [-0.1, -0.05) is 6.08 Å². The van der Waals surface area contributed by atoms with Crippen molar-refractivity contribution in [3.8, 4) is 16.9 Å². The van der Waals surface area contributed by atoms with Crippen LogP contribution in [0.15, 0.2) is 30.6 Å². The van der Waals surface area contributed by atoms with Crippen molar-refractivity contribution in [3.05, 3.63) is 47.5 Å². The van der Waals surface area contributed by atoms with Gasteiger partial charge in [-0.3, -0.25) is 4.79 Å². The average Bonchev–Trinajstić information content (AvgIpc) is 3.20. The molecule has 0 fully saturated rings. The molecule has 0 saturated heterocycles. The number of amides is 1. The van der Waals surface area contributed by atoms with Gasteiger partial charge in [0, 0.05) is 31.3 Å². The number of primary amides is 1. The van der Waals surface area contributed by atoms with Crippen LogP contribution in [0.25, 0.3) is 28.2 Å². The van der Waals surface area contributed by atoms with E-state index >= 15 is 0 Å². The summed E-state index contributed by atoms with van der Waals surface area (Å²) >= 11 is 0. The molecule has 0 radical (unpaired) electrons. The number of fused-ring (bicyclic) bond motifs is 2. The van der Waals surface area contributed by atoms with E-state index in [2.05, 4.69) is 14.9 Å². The molecule has 2 heterocycles. The number of H-pyrrole nitrogens is 1. The predicted octanol–water partition coefficient (Wildman–Crippen LogP) is 2.87. The molecule has 4 rings (SSSR count). The van der Waals surface area contributed by atoms with E-state index in [1.807, 2.05) is 50.3 Å². The molecule has 0 saturated carbocycles. The van der Waals surface area contributed by atoms with Crippen molar-refractivity contribution < 1.29 is 13.9 Å². The summed E-state index contributed by atoms with van der Waals surface area (Å²) in [6, 6.07) is 5.16. The minimum atomic E-state index is -0.546. The Kier molecular flexibility index (Phi) is 5.17. The van der Waals surface area contributed by atoms with Gasteiger partial charge in [0.15, 0.2) is 11.6 Å². The zero-order valence-corrected chi connectivity index (χ0v) is 17.2. The summed E-state index contributed by atoms with van der Waals surface area (Å²) in [6.45, 7) is 1.82. The first-order chi connectivity index (χ1) is 14.4. The Morgan fingerprint density at radius 2 is 2.07 bits per heavy atom. The number of hydrogen-bond acceptors (Lipinski definition) is 5. The third kappa shape index (κ3) is 3.50. The highest BCUT2D eigenvalue weighted by atomic mass is 19.1. The van der Waals surface area contributed by atoms with E-state index in [-0.39, 0.29) is 5.75 Å². The Bertz CT molecular complexity index is 1150. The summed E-state index contributed by atoms with van der Waals surface area (Å²) < 4.78 is 20.2. The molecular formula is C22H24FN5O2. The van der Waals surface area contributed by atoms with Gasteiger partial charge in [-0.2, -0.15) is 0 Å². The maximum Gasteiger partial charge on any atom is 0.253 e. The van der Waals surface area contributed by atoms with Crippen molar-refractivity contribution in [1.29, 1.82) is 0 Å². The lowest BCUT2D eigenvalue weighted by Crippen LogP contribution is -2.30. The molecule has 1 aliphatic rings. The number of nitrogens with one attached hydrogen (secondary N) is 1. The Balaban J connectivity index is 1.92. The second-order valence-electron chi connectivity index (χ2n) is 7.62. The van der Waals surface area contributed by atoms with E-state index in [4.69, 9.17) is 10.5 Å². The van der Waals surface area contributed by atoms with E-state index < -0.39 is 11.7 Å². The summed E-state index contributed by atoms with van der Waals surface area (Å²) in [5.74, 6) is -0.732. The van der Waals surface area contributed by atoms with Crippen molar-refractivity contribution in [2.75, 3.05) is 45.7 Å². The summed E-state index contributed by atoms with van der Waals surface area (Å²) in [6.07, 6.45) is 5.20. The zero-order valence-electron chi connectivity index (χ0n) is 17.2. The van der Waals surface area contributed by atoms with Crippen LogP contribution in [-0.4, -0.2) is 61.6 Å². The van der Waals surface area contributed by atoms with Crippen molar-refractivity contribution in [2.24, 2.45) is 5.73 Å². The quantitative estimate of drug-likeness (QED) is 0.654. The van der Waals surface area contributed by atoms with Gasteiger partial charge in [-0.25, -0.2) is 9.37 Å². The van der Waals surface area contributed by atoms with Crippen molar-refractivity contribution in [1.82, 2.24) is 14.9 Å². The average molecular weight is 409 g/mol. The Morgan fingerprint density at radius 1 is 1.27 bits per heavy atom. The zero-order chi connectivity index (χ0) is 21.4. The summed E-state index contributed by atoms with van der Waals surface area (Å²) in [5.41, 5.74) is 9.90. The number of likely N-dealkylation sites (N-methyl/N-ethyl adjacent to an activating group) is 2. The second-order valence-corrected chi connectivity index (χ2v) is 7.62. The molecule has 3 aromatic rings. The largest absolute Gasteiger partial charge is 0.486 e. The highest BCUT2D eigenvalue weighted by Crippen LogP contribution is 2.38. The smallest absolute Gasteiger partial charge is 0.253 e. The Labute approximate surface area is 173 Å². The molecule has 30 heavy (non-hydrogen) atoms. The molecular weight excluding hydrogens is 385 g/mol. The molecule has 0 unspecified atom stereocenters. The van der Waals surface area contributed by atoms with Gasteiger partial charge in [-0.05, 0) is 43.9 Å². The topological polar surface area (TPSA) is 87.5 Å². The lowest BCUT2D eigenvalue weighted by molar-refractivity contribution is 0.100. The fourth-order valence-corrected chi connectivity index (χ4v) is 3.69. The number of nitrogens with two attached hydrogens (primary N) is 1. The lowest BCUT2D eigenvalue weighted by atomic mass is 9.96. The van der Waals surface area contributed by atoms with Crippen LogP contribution in [-0.2, 0) is 0 Å². The Hall–Kier alpha value is -3.39. The SMILES string of the molecule is CN(C)CCN(C)c1cc(-c2cc(F)c3c(c2)C=CCO3)c2nc[nH]c2c1C(N)=O. The fourth-order valence-electron chi connectivity index (χ4n) is 3.69. The number of halogens is 1. The van der Waals surface area contributed by atoms with Crippen LogP contribution in [0.2, 0.25) is 0 Å². The maximum absolute atomic E-state index is 14.7. The summed E-state index contributed by atoms with van der Waals surface area (Å²) in [5, 5.41) is 0. The van der Waals surface area contributed by atoms with Crippen LogP contribution in [0.4, 0.5) is 10.1 Å². The Morgan fingerprint density at radius 3 is 2.80 bits per heavy atom. The highest BCUT2D eigenvalue weighted by Gasteiger charge is 2.23. The summed E-state index contributed by atoms with van der Waals surface area (Å²) in [4.78, 5) is 23.8. The third-order valence-electron chi connectivity index (χ3n) is 5.23. The first-order valence-electron chi connectivity index (χ1n) is 9.66. The maximum atomic E-state index is 14.7. The number of ether oxygens (including phenoxy) is 1. The number of anilines is 1. The minimum Gasteiger partial charge on any atom is -0.486 e. The molecule has 2 aromatic carbocycles. The number of nitrogens with zero attached hydrogens (tertiary/aromatic N) is 3. The van der Waals surface area contributed by atoms with Crippen molar-refractivity contribution in [3.63, 3.8) is 0 Å². The molecule has 1 amide bonds. The molecule has 1 aromatic heterocycles. The second kappa shape index (κ2) is 7.79. The monoisotopic (exact) mass is 409 g/mol. The van der Waals surface area contributed by atoms with E-state index in [1.165, 1.54) is 12.4 Å². The van der Waals surface area contributed by atoms with Gasteiger partial charge in [0.1, 0.15) is 6.61 Å². The number of benzene rings is 2. The first kappa shape index (κ1) is 19.9. The van der Waals surface area contributed by atoms with E-state index in [1.54, 1.807) is 0 Å². The molecule has 0 atom stereocenters. The molecule has 0 bridgehead atoms. The fraction of sp³-hybridized carbons (Fsp3) is 0.273. The van der Waals surface area contributed by atoms with Crippen molar-refractivity contribution >= 4 is 28.7 Å². The van der Waals surface area contributed by atoms with Gasteiger partial charge >= 0.3 is 0 Å². The number of carbonyl (C=O) groups is 1. The number of hydrogen-bond donors (Lipinski definition) is 2. The van der Waals surface area contributed by atoms with Crippen LogP contribution in [0.3, 0.4) is 0 Å². The van der Waals surface area contributed by atoms with Crippen LogP contribution in [0, 0.1) is 5.82 Å². The molecule has 8 heteroatoms. The van der Waals surface area contributed by atoms with Gasteiger partial charge in [-0.15, -0.1) is 0 Å². The van der Waals surface area contributed by atoms with E-state index in [0.29, 0.717) is 52.1 Å². The van der Waals surface area contributed by atoms with E-state index in [9.17, 15) is 9.18 Å². The molecule has 1 aliphatic heterocycles. The number of carbonyl (C=O) groups excluding carboxylic acids is 1. The first-order valence-corrected chi connectivity index (χ1v) is 9.66. The van der Waals surface area contributed by atoms with Gasteiger partial charge in [0.05, 0.1) is 28.6 Å². The molecule has 3 N–H and O–H groups in total. The standard InChI is InChI=1S/C22H24FN5O2/c1-27(2)6-7-28(3)17-11-15(19-20(26-12-25-19)18(17)22(24)29)14-9-13-5-4-8-30-21(13)16(23)10-14/h4-5,9-12H,6-8H2,1-3H3,(H2,24,29)(H,25,26). The van der Waals surface area contributed by atoms with Crippen LogP contribution in [0.1, 0.15) is 15.9 Å². The van der Waals surface area contributed by atoms with Gasteiger partial charge in [0.25, 0.3) is 5.91 Å². The highest BCUT2D eigenvalue weighted by molar-refractivity contribution is 6.12. The molecule has 7 nitrogen and oxygen atoms in total. The predicted molar refractivity (Wildman–Crippen MR) is 116 cm³/mol. The number of aromatic nitrogens is 2. The number of imidazole rings is 1. The number of rotatable bonds is 6. The molecule has 0 spiro atoms. The minimum absolute atomic E-state index is 0.247. The van der Waals surface area contributed by atoms with Crippen LogP contribution < -0.4 is 15.4 Å². The van der Waals surface area contributed by atoms with Crippen LogP contribution in [0.5, 0.6) is 5.75 Å². The van der Waals surface area contributed by atoms with Gasteiger partial charge in [0.2, 0.25) is 0 Å². The number of aromatic amines is 1. The van der Waals surface area contributed by atoms with Crippen molar-refractivity contribution in [2.45, 2.75) is 0 Å². The molecule has 0 aliphatic carbocycles. The summed E-state index contributed by atoms with van der Waals surface area (Å²) in [7, 11) is 5.87. The molecule has 156 valence electrons. The normalized spacial score (nSPS) is 12.8. The van der Waals surface area contributed by atoms with E-state index in [0.717, 1.165) is 6.54 Å². The van der Waals surface area contributed by atoms with Crippen LogP contribution >= 0.6 is 0 Å². The third-order valence-corrected chi connectivity index (χ3v) is 5.23. The van der Waals surface area contributed by atoms with Gasteiger partial charge < -0.3 is 25.3 Å².